The summed E-state index contributed by atoms with van der Waals surface area (Å²) in [5, 5.41) is 19.6. The lowest BCUT2D eigenvalue weighted by Gasteiger charge is -2.49. The Hall–Kier alpha value is -3.64. The average molecular weight is 555 g/mol. The first kappa shape index (κ1) is 25.5. The van der Waals surface area contributed by atoms with E-state index in [1.807, 2.05) is 0 Å². The lowest BCUT2D eigenvalue weighted by Crippen LogP contribution is -2.71. The molecule has 2 aliphatic heterocycles. The summed E-state index contributed by atoms with van der Waals surface area (Å²) in [6.45, 7) is 0. The molecular formula is C18H18N8O7S3. The zero-order valence-corrected chi connectivity index (χ0v) is 21.0. The third kappa shape index (κ3) is 4.73. The fourth-order valence-electron chi connectivity index (χ4n) is 3.44. The highest BCUT2D eigenvalue weighted by Crippen LogP contribution is 2.41. The molecule has 5 N–H and O–H groups in total. The number of oxime groups is 1. The number of amides is 2. The summed E-state index contributed by atoms with van der Waals surface area (Å²) in [5.41, 5.74) is 4.00. The van der Waals surface area contributed by atoms with Crippen LogP contribution in [0.3, 0.4) is 0 Å². The van der Waals surface area contributed by atoms with Crippen LogP contribution >= 0.6 is 34.9 Å². The SMILES string of the molecule is CO/N=C(/C(=O)N[C@H]1C(=O)N2C(C(=O)O)=C(CSc3nc(=O)c(=O)[nH]n3C)CS[C@H]12)c1csc(N)n1. The standard InChI is InChI=1S/C18H18N8O7S3/c1-25-18(22-12(28)13(29)23-25)36-4-6-3-34-15-9(14(30)26(15)10(6)16(31)32)21-11(27)8(24-33-2)7-5-35-17(19)20-7/h5,9,15H,3-4H2,1-2H3,(H2,19,20)(H,21,27)(H,23,29)(H,31,32)/b24-8+/t9-,15+/m0/s1. The molecule has 0 bridgehead atoms. The number of aromatic amines is 1. The Morgan fingerprint density at radius 1 is 1.39 bits per heavy atom. The highest BCUT2D eigenvalue weighted by Gasteiger charge is 2.54. The van der Waals surface area contributed by atoms with E-state index >= 15 is 0 Å². The van der Waals surface area contributed by atoms with Crippen LogP contribution in [-0.2, 0) is 26.3 Å². The minimum Gasteiger partial charge on any atom is -0.477 e. The Kier molecular flexibility index (Phi) is 7.18. The third-order valence-electron chi connectivity index (χ3n) is 5.02. The van der Waals surface area contributed by atoms with Gasteiger partial charge in [-0.2, -0.15) is 4.98 Å². The van der Waals surface area contributed by atoms with Crippen LogP contribution in [0.15, 0.2) is 36.6 Å². The Bertz CT molecular complexity index is 1430. The number of fused-ring (bicyclic) bond motifs is 1. The molecule has 2 aromatic rings. The van der Waals surface area contributed by atoms with E-state index in [1.165, 1.54) is 36.0 Å². The summed E-state index contributed by atoms with van der Waals surface area (Å²) in [6, 6.07) is -0.995. The van der Waals surface area contributed by atoms with Gasteiger partial charge in [-0.25, -0.2) is 9.78 Å². The van der Waals surface area contributed by atoms with Crippen molar-refractivity contribution in [2.75, 3.05) is 24.3 Å². The van der Waals surface area contributed by atoms with Gasteiger partial charge in [-0.1, -0.05) is 16.9 Å². The molecule has 1 fully saturated rings. The van der Waals surface area contributed by atoms with Crippen LogP contribution in [-0.4, -0.2) is 83.3 Å². The van der Waals surface area contributed by atoms with E-state index in [4.69, 9.17) is 10.6 Å². The number of nitrogens with zero attached hydrogens (tertiary/aromatic N) is 5. The number of aromatic nitrogens is 4. The molecule has 18 heteroatoms. The Morgan fingerprint density at radius 3 is 2.78 bits per heavy atom. The second-order valence-corrected chi connectivity index (χ2v) is 10.2. The van der Waals surface area contributed by atoms with Crippen LogP contribution < -0.4 is 22.2 Å². The maximum Gasteiger partial charge on any atom is 0.352 e. The van der Waals surface area contributed by atoms with E-state index in [-0.39, 0.29) is 38.9 Å². The normalized spacial score (nSPS) is 19.6. The number of carbonyl (C=O) groups excluding carboxylic acids is 2. The molecule has 0 unspecified atom stereocenters. The van der Waals surface area contributed by atoms with Crippen LogP contribution in [0.5, 0.6) is 0 Å². The first-order chi connectivity index (χ1) is 17.1. The summed E-state index contributed by atoms with van der Waals surface area (Å²) in [6.07, 6.45) is 0. The molecule has 15 nitrogen and oxygen atoms in total. The molecule has 0 aliphatic carbocycles. The van der Waals surface area contributed by atoms with E-state index in [0.717, 1.165) is 28.0 Å². The minimum atomic E-state index is -1.31. The van der Waals surface area contributed by atoms with E-state index in [9.17, 15) is 29.1 Å². The lowest BCUT2D eigenvalue weighted by molar-refractivity contribution is -0.150. The number of aliphatic carboxylic acids is 1. The van der Waals surface area contributed by atoms with Gasteiger partial charge in [-0.15, -0.1) is 23.1 Å². The molecule has 36 heavy (non-hydrogen) atoms. The number of hydrogen-bond donors (Lipinski definition) is 4. The minimum absolute atomic E-state index is 0.102. The number of rotatable bonds is 8. The maximum absolute atomic E-state index is 12.9. The highest BCUT2D eigenvalue weighted by atomic mass is 32.2. The van der Waals surface area contributed by atoms with Crippen molar-refractivity contribution >= 4 is 63.5 Å². The Morgan fingerprint density at radius 2 is 2.14 bits per heavy atom. The number of nitrogen functional groups attached to an aromatic ring is 1. The monoisotopic (exact) mass is 554 g/mol. The predicted octanol–water partition coefficient (Wildman–Crippen LogP) is -1.61. The number of thioether (sulfide) groups is 2. The average Bonchev–Trinajstić information content (AvgIpc) is 3.27. The van der Waals surface area contributed by atoms with Gasteiger partial charge >= 0.3 is 17.1 Å². The summed E-state index contributed by atoms with van der Waals surface area (Å²) in [5.74, 6) is -2.30. The number of hydrogen-bond acceptors (Lipinski definition) is 13. The van der Waals surface area contributed by atoms with Crippen molar-refractivity contribution in [1.82, 2.24) is 30.0 Å². The number of nitrogens with one attached hydrogen (secondary N) is 2. The first-order valence-electron chi connectivity index (χ1n) is 9.96. The molecule has 2 atom stereocenters. The van der Waals surface area contributed by atoms with Gasteiger partial charge in [0.05, 0.1) is 0 Å². The fourth-order valence-corrected chi connectivity index (χ4v) is 6.39. The van der Waals surface area contributed by atoms with Crippen LogP contribution in [0.4, 0.5) is 5.13 Å². The molecule has 2 aliphatic rings. The van der Waals surface area contributed by atoms with Gasteiger partial charge in [0, 0.05) is 23.9 Å². The molecular weight excluding hydrogens is 536 g/mol. The van der Waals surface area contributed by atoms with E-state index in [1.54, 1.807) is 0 Å². The number of anilines is 1. The van der Waals surface area contributed by atoms with Gasteiger partial charge in [-0.05, 0) is 5.57 Å². The van der Waals surface area contributed by atoms with Crippen molar-refractivity contribution < 1.29 is 24.3 Å². The molecule has 4 rings (SSSR count). The zero-order chi connectivity index (χ0) is 26.1. The van der Waals surface area contributed by atoms with Crippen molar-refractivity contribution in [2.45, 2.75) is 16.6 Å². The lowest BCUT2D eigenvalue weighted by atomic mass is 10.0. The van der Waals surface area contributed by atoms with Crippen LogP contribution in [0.1, 0.15) is 5.69 Å². The van der Waals surface area contributed by atoms with E-state index in [0.29, 0.717) is 5.57 Å². The van der Waals surface area contributed by atoms with Gasteiger partial charge in [0.1, 0.15) is 29.9 Å². The predicted molar refractivity (Wildman–Crippen MR) is 131 cm³/mol. The summed E-state index contributed by atoms with van der Waals surface area (Å²) >= 11 is 3.41. The number of aryl methyl sites for hydroxylation is 1. The molecule has 0 radical (unpaired) electrons. The van der Waals surface area contributed by atoms with Crippen molar-refractivity contribution in [3.63, 3.8) is 0 Å². The summed E-state index contributed by atoms with van der Waals surface area (Å²) < 4.78 is 1.25. The van der Waals surface area contributed by atoms with Gasteiger partial charge in [-0.3, -0.25) is 33.9 Å². The molecule has 1 saturated heterocycles. The number of carboxylic acid groups (broad SMARTS) is 1. The molecule has 0 spiro atoms. The van der Waals surface area contributed by atoms with Gasteiger partial charge in [0.2, 0.25) is 0 Å². The summed E-state index contributed by atoms with van der Waals surface area (Å²) in [4.78, 5) is 74.3. The smallest absolute Gasteiger partial charge is 0.352 e. The van der Waals surface area contributed by atoms with Gasteiger partial charge in [0.25, 0.3) is 11.8 Å². The molecule has 4 heterocycles. The molecule has 190 valence electrons. The van der Waals surface area contributed by atoms with Crippen LogP contribution in [0.25, 0.3) is 0 Å². The van der Waals surface area contributed by atoms with E-state index < -0.39 is 40.3 Å². The Labute approximate surface area is 213 Å². The van der Waals surface area contributed by atoms with Crippen LogP contribution in [0.2, 0.25) is 0 Å². The molecule has 0 aromatic carbocycles. The van der Waals surface area contributed by atoms with Crippen molar-refractivity contribution in [3.05, 3.63) is 43.1 Å². The van der Waals surface area contributed by atoms with Crippen LogP contribution in [0, 0.1) is 0 Å². The van der Waals surface area contributed by atoms with E-state index in [2.05, 4.69) is 25.5 Å². The second-order valence-electron chi connectivity index (χ2n) is 7.30. The number of H-pyrrole nitrogens is 1. The number of carbonyl (C=O) groups is 3. The molecule has 2 aromatic heterocycles. The Balaban J connectivity index is 1.51. The zero-order valence-electron chi connectivity index (χ0n) is 18.6. The topological polar surface area (TPSA) is 215 Å². The largest absolute Gasteiger partial charge is 0.477 e. The maximum atomic E-state index is 12.9. The van der Waals surface area contributed by atoms with Gasteiger partial charge < -0.3 is 21.0 Å². The van der Waals surface area contributed by atoms with Crippen molar-refractivity contribution in [2.24, 2.45) is 12.2 Å². The molecule has 2 amide bonds. The molecule has 0 saturated carbocycles. The number of nitrogens with two attached hydrogens (primary N) is 1. The van der Waals surface area contributed by atoms with Gasteiger partial charge in [0.15, 0.2) is 16.0 Å². The number of thiazole rings is 1. The fraction of sp³-hybridized carbons (Fsp3) is 0.333. The van der Waals surface area contributed by atoms with Crippen molar-refractivity contribution in [1.29, 1.82) is 0 Å². The summed E-state index contributed by atoms with van der Waals surface area (Å²) in [7, 11) is 2.74. The highest BCUT2D eigenvalue weighted by molar-refractivity contribution is 8.01. The second kappa shape index (κ2) is 10.2. The number of carboxylic acids is 1. The quantitative estimate of drug-likeness (QED) is 0.0953. The van der Waals surface area contributed by atoms with Crippen molar-refractivity contribution in [3.8, 4) is 0 Å². The first-order valence-corrected chi connectivity index (χ1v) is 12.9. The third-order valence-corrected chi connectivity index (χ3v) is 8.15. The number of β-lactam (4-membered cyclic amide) rings is 1.